The van der Waals surface area contributed by atoms with Gasteiger partial charge in [-0.05, 0) is 128 Å². The van der Waals surface area contributed by atoms with E-state index in [1.807, 2.05) is 0 Å². The second-order valence-electron chi connectivity index (χ2n) is 12.3. The van der Waals surface area contributed by atoms with Gasteiger partial charge in [-0.3, -0.25) is 0 Å². The summed E-state index contributed by atoms with van der Waals surface area (Å²) in [6.45, 7) is 2.16. The highest BCUT2D eigenvalue weighted by Crippen LogP contribution is 2.45. The van der Waals surface area contributed by atoms with E-state index in [4.69, 9.17) is 0 Å². The first-order valence-electron chi connectivity index (χ1n) is 15.5. The summed E-state index contributed by atoms with van der Waals surface area (Å²) < 4.78 is 116. The molecule has 0 radical (unpaired) electrons. The van der Waals surface area contributed by atoms with Crippen LogP contribution in [0.5, 0.6) is 5.75 Å². The van der Waals surface area contributed by atoms with Crippen LogP contribution in [-0.2, 0) is 25.7 Å². The topological polar surface area (TPSA) is 9.23 Å². The molecule has 2 aliphatic rings. The van der Waals surface area contributed by atoms with Crippen LogP contribution in [-0.4, -0.2) is 6.36 Å². The zero-order valence-corrected chi connectivity index (χ0v) is 24.6. The van der Waals surface area contributed by atoms with E-state index in [-0.39, 0.29) is 60.3 Å². The number of aryl methyl sites for hydroxylation is 2. The van der Waals surface area contributed by atoms with Gasteiger partial charge in [0.2, 0.25) is 5.75 Å². The number of unbranched alkanes of at least 4 members (excludes halogenated alkanes) is 1. The normalized spacial score (nSPS) is 20.4. The molecule has 1 fully saturated rings. The van der Waals surface area contributed by atoms with Crippen molar-refractivity contribution in [1.29, 1.82) is 0 Å². The van der Waals surface area contributed by atoms with E-state index < -0.39 is 53.0 Å². The quantitative estimate of drug-likeness (QED) is 0.170. The predicted octanol–water partition coefficient (Wildman–Crippen LogP) is 10.8. The van der Waals surface area contributed by atoms with Gasteiger partial charge in [-0.25, -0.2) is 22.0 Å². The number of benzene rings is 3. The van der Waals surface area contributed by atoms with Gasteiger partial charge in [0.25, 0.3) is 0 Å². The summed E-state index contributed by atoms with van der Waals surface area (Å²) in [5.41, 5.74) is 2.72. The van der Waals surface area contributed by atoms with Crippen LogP contribution in [0.25, 0.3) is 0 Å². The molecule has 0 bridgehead atoms. The van der Waals surface area contributed by atoms with Crippen LogP contribution in [0.1, 0.15) is 104 Å². The molecule has 0 amide bonds. The lowest BCUT2D eigenvalue weighted by Crippen LogP contribution is -2.23. The van der Waals surface area contributed by atoms with Crippen molar-refractivity contribution < 1.29 is 39.9 Å². The van der Waals surface area contributed by atoms with E-state index in [2.05, 4.69) is 35.9 Å². The molecule has 1 nitrogen and oxygen atoms in total. The molecule has 5 rings (SSSR count). The first-order valence-corrected chi connectivity index (χ1v) is 15.5. The van der Waals surface area contributed by atoms with Crippen molar-refractivity contribution in [3.05, 3.63) is 98.9 Å². The van der Waals surface area contributed by atoms with Gasteiger partial charge in [-0.2, -0.15) is 0 Å². The molecular weight excluding hydrogens is 588 g/mol. The highest BCUT2D eigenvalue weighted by atomic mass is 19.4. The molecule has 0 saturated heterocycles. The van der Waals surface area contributed by atoms with E-state index >= 15 is 13.2 Å². The number of hydrogen-bond donors (Lipinski definition) is 0. The smallest absolute Gasteiger partial charge is 0.399 e. The van der Waals surface area contributed by atoms with Gasteiger partial charge >= 0.3 is 6.36 Å². The Morgan fingerprint density at radius 2 is 1.32 bits per heavy atom. The summed E-state index contributed by atoms with van der Waals surface area (Å²) in [5, 5.41) is 0. The molecule has 0 spiro atoms. The van der Waals surface area contributed by atoms with Crippen LogP contribution in [0.15, 0.2) is 36.4 Å². The number of halogens is 8. The Kier molecular flexibility index (Phi) is 9.90. The minimum atomic E-state index is -5.25. The molecule has 9 heteroatoms. The third-order valence-corrected chi connectivity index (χ3v) is 9.38. The van der Waals surface area contributed by atoms with Gasteiger partial charge < -0.3 is 4.74 Å². The Morgan fingerprint density at radius 1 is 0.727 bits per heavy atom. The zero-order valence-electron chi connectivity index (χ0n) is 24.6. The minimum absolute atomic E-state index is 0.116. The number of fused-ring (bicyclic) bond motifs is 1. The van der Waals surface area contributed by atoms with E-state index in [0.717, 1.165) is 44.2 Å². The molecule has 0 N–H and O–H groups in total. The molecule has 1 saturated carbocycles. The van der Waals surface area contributed by atoms with Crippen molar-refractivity contribution in [3.63, 3.8) is 0 Å². The fraction of sp³-hybridized carbons (Fsp3) is 0.486. The van der Waals surface area contributed by atoms with Crippen LogP contribution in [0.4, 0.5) is 35.1 Å². The van der Waals surface area contributed by atoms with E-state index in [1.165, 1.54) is 11.1 Å². The Morgan fingerprint density at radius 3 is 1.91 bits per heavy atom. The lowest BCUT2D eigenvalue weighted by molar-refractivity contribution is -0.276. The summed E-state index contributed by atoms with van der Waals surface area (Å²) >= 11 is 0. The van der Waals surface area contributed by atoms with Crippen molar-refractivity contribution in [2.75, 3.05) is 0 Å². The van der Waals surface area contributed by atoms with Gasteiger partial charge in [0.1, 0.15) is 5.82 Å². The largest absolute Gasteiger partial charge is 0.573 e. The fourth-order valence-electron chi connectivity index (χ4n) is 6.96. The predicted molar refractivity (Wildman–Crippen MR) is 152 cm³/mol. The van der Waals surface area contributed by atoms with Crippen LogP contribution in [0.2, 0.25) is 0 Å². The Balaban J connectivity index is 1.23. The second kappa shape index (κ2) is 13.5. The SMILES string of the molecule is CCCCc1ccc(CCC2CCc3c(F)c(C4CCC(c5cc(F)c(OC(F)(F)F)c(F)c5)CC4)c(F)c(F)c3C2)cc1. The monoisotopic (exact) mass is 624 g/mol. The molecule has 0 heterocycles. The molecule has 3 aromatic carbocycles. The number of alkyl halides is 3. The summed E-state index contributed by atoms with van der Waals surface area (Å²) in [7, 11) is 0. The average Bonchev–Trinajstić information content (AvgIpc) is 3.00. The Bertz CT molecular complexity index is 1430. The van der Waals surface area contributed by atoms with Gasteiger partial charge in [0, 0.05) is 5.56 Å². The molecule has 0 aliphatic heterocycles. The molecule has 1 atom stereocenters. The van der Waals surface area contributed by atoms with Crippen molar-refractivity contribution >= 4 is 0 Å². The fourth-order valence-corrected chi connectivity index (χ4v) is 6.96. The zero-order chi connectivity index (χ0) is 31.6. The van der Waals surface area contributed by atoms with Crippen molar-refractivity contribution in [2.45, 2.75) is 102 Å². The lowest BCUT2D eigenvalue weighted by Gasteiger charge is -2.32. The van der Waals surface area contributed by atoms with Crippen molar-refractivity contribution in [3.8, 4) is 5.75 Å². The van der Waals surface area contributed by atoms with Crippen molar-refractivity contribution in [2.24, 2.45) is 5.92 Å². The highest BCUT2D eigenvalue weighted by Gasteiger charge is 2.36. The van der Waals surface area contributed by atoms with E-state index in [9.17, 15) is 22.0 Å². The maximum Gasteiger partial charge on any atom is 0.573 e. The Hall–Kier alpha value is -3.10. The third kappa shape index (κ3) is 7.23. The molecule has 2 aliphatic carbocycles. The molecule has 0 aromatic heterocycles. The van der Waals surface area contributed by atoms with Crippen LogP contribution in [0, 0.1) is 35.0 Å². The number of hydrogen-bond acceptors (Lipinski definition) is 1. The average molecular weight is 625 g/mol. The first-order chi connectivity index (χ1) is 20.9. The molecular formula is C35H36F8O. The van der Waals surface area contributed by atoms with Gasteiger partial charge in [-0.15, -0.1) is 13.2 Å². The summed E-state index contributed by atoms with van der Waals surface area (Å²) in [6, 6.07) is 10.1. The molecule has 1 unspecified atom stereocenters. The lowest BCUT2D eigenvalue weighted by atomic mass is 9.73. The van der Waals surface area contributed by atoms with Gasteiger partial charge in [0.05, 0.1) is 0 Å². The Labute approximate surface area is 252 Å². The first kappa shape index (κ1) is 32.3. The number of ether oxygens (including phenoxy) is 1. The van der Waals surface area contributed by atoms with E-state index in [0.29, 0.717) is 12.8 Å². The summed E-state index contributed by atoms with van der Waals surface area (Å²) in [5.74, 6) is -8.28. The maximum atomic E-state index is 15.8. The van der Waals surface area contributed by atoms with Crippen molar-refractivity contribution in [1.82, 2.24) is 0 Å². The molecule has 238 valence electrons. The minimum Gasteiger partial charge on any atom is -0.399 e. The van der Waals surface area contributed by atoms with Crippen LogP contribution < -0.4 is 4.74 Å². The van der Waals surface area contributed by atoms with Crippen LogP contribution in [0.3, 0.4) is 0 Å². The standard InChI is InChI=1S/C35H36F8O/c1-2-3-4-20-5-7-21(8-6-20)9-10-22-11-16-26-27(17-22)32(39)33(40)30(31(26)38)24-14-12-23(13-15-24)25-18-28(36)34(29(37)19-25)44-35(41,42)43/h5-8,18-19,22-24H,2-4,9-17H2,1H3. The summed E-state index contributed by atoms with van der Waals surface area (Å²) in [6.07, 6.45) is 2.02. The van der Waals surface area contributed by atoms with Gasteiger partial charge in [-0.1, -0.05) is 37.6 Å². The van der Waals surface area contributed by atoms with E-state index in [1.54, 1.807) is 0 Å². The third-order valence-electron chi connectivity index (χ3n) is 9.38. The highest BCUT2D eigenvalue weighted by molar-refractivity contribution is 5.41. The maximum absolute atomic E-state index is 15.8. The number of rotatable bonds is 9. The van der Waals surface area contributed by atoms with Gasteiger partial charge in [0.15, 0.2) is 23.3 Å². The molecule has 3 aromatic rings. The molecule has 44 heavy (non-hydrogen) atoms. The second-order valence-corrected chi connectivity index (χ2v) is 12.3. The van der Waals surface area contributed by atoms with Crippen LogP contribution >= 0.6 is 0 Å². The summed E-state index contributed by atoms with van der Waals surface area (Å²) in [4.78, 5) is 0.